The van der Waals surface area contributed by atoms with Crippen LogP contribution < -0.4 is 10.6 Å². The normalized spacial score (nSPS) is 14.6. The zero-order valence-electron chi connectivity index (χ0n) is 20.7. The number of nitrogens with one attached hydrogen (secondary N) is 2. The summed E-state index contributed by atoms with van der Waals surface area (Å²) in [5, 5.41) is 7.82. The van der Waals surface area contributed by atoms with Gasteiger partial charge in [0, 0.05) is 27.4 Å². The van der Waals surface area contributed by atoms with Gasteiger partial charge in [-0.3, -0.25) is 9.59 Å². The first-order valence-electron chi connectivity index (χ1n) is 12.7. The van der Waals surface area contributed by atoms with E-state index in [0.29, 0.717) is 10.8 Å². The number of halogens is 1. The van der Waals surface area contributed by atoms with Crippen molar-refractivity contribution in [2.45, 2.75) is 42.2 Å². The van der Waals surface area contributed by atoms with E-state index in [9.17, 15) is 14.0 Å². The minimum Gasteiger partial charge on any atom is -0.326 e. The molecule has 2 amide bonds. The number of aromatic nitrogens is 1. The molecule has 8 heteroatoms. The number of thioether (sulfide) groups is 1. The lowest BCUT2D eigenvalue weighted by Gasteiger charge is -2.21. The summed E-state index contributed by atoms with van der Waals surface area (Å²) < 4.78 is 13.3. The second-order valence-electron chi connectivity index (χ2n) is 9.29. The Morgan fingerprint density at radius 1 is 0.895 bits per heavy atom. The topological polar surface area (TPSA) is 71.1 Å². The number of carbonyl (C=O) groups is 2. The van der Waals surface area contributed by atoms with Crippen LogP contribution in [-0.4, -0.2) is 16.8 Å². The molecule has 3 aromatic carbocycles. The van der Waals surface area contributed by atoms with Gasteiger partial charge in [-0.1, -0.05) is 49.6 Å². The average Bonchev–Trinajstić information content (AvgIpc) is 3.42. The summed E-state index contributed by atoms with van der Waals surface area (Å²) >= 11 is 2.77. The van der Waals surface area contributed by atoms with Gasteiger partial charge in [0.15, 0.2) is 5.13 Å². The molecule has 1 aliphatic carbocycles. The third-order valence-electron chi connectivity index (χ3n) is 6.57. The Kier molecular flexibility index (Phi) is 8.51. The Morgan fingerprint density at radius 2 is 1.61 bits per heavy atom. The third-order valence-corrected chi connectivity index (χ3v) is 8.59. The first-order chi connectivity index (χ1) is 18.5. The van der Waals surface area contributed by atoms with Crippen LogP contribution in [0.2, 0.25) is 0 Å². The van der Waals surface area contributed by atoms with Crippen molar-refractivity contribution in [2.24, 2.45) is 5.92 Å². The van der Waals surface area contributed by atoms with Crippen LogP contribution in [0.4, 0.5) is 15.2 Å². The first kappa shape index (κ1) is 26.1. The standard InChI is InChI=1S/C30H28FN3O2S2/c31-23-13-11-20(12-14-23)26-19-37-30(33-26)34-29(36)27(21-7-3-1-4-8-21)38-25-17-15-24(16-18-25)32-28(35)22-9-5-2-6-10-22/h1,3-4,7-8,11-19,22,27H,2,5-6,9-10H2,(H,32,35)(H,33,34,36). The van der Waals surface area contributed by atoms with Crippen molar-refractivity contribution in [3.05, 3.63) is 95.6 Å². The van der Waals surface area contributed by atoms with Crippen molar-refractivity contribution in [3.63, 3.8) is 0 Å². The van der Waals surface area contributed by atoms with Crippen LogP contribution in [-0.2, 0) is 9.59 Å². The molecule has 1 fully saturated rings. The van der Waals surface area contributed by atoms with E-state index in [4.69, 9.17) is 0 Å². The molecule has 0 aliphatic heterocycles. The lowest BCUT2D eigenvalue weighted by Crippen LogP contribution is -2.24. The molecule has 1 atom stereocenters. The molecule has 194 valence electrons. The van der Waals surface area contributed by atoms with Crippen LogP contribution in [0.5, 0.6) is 0 Å². The summed E-state index contributed by atoms with van der Waals surface area (Å²) in [7, 11) is 0. The van der Waals surface area contributed by atoms with Crippen molar-refractivity contribution >= 4 is 45.7 Å². The van der Waals surface area contributed by atoms with Crippen LogP contribution in [0, 0.1) is 11.7 Å². The number of carbonyl (C=O) groups excluding carboxylic acids is 2. The number of nitrogens with zero attached hydrogens (tertiary/aromatic N) is 1. The highest BCUT2D eigenvalue weighted by molar-refractivity contribution is 8.00. The molecule has 5 nitrogen and oxygen atoms in total. The van der Waals surface area contributed by atoms with E-state index in [1.54, 1.807) is 12.1 Å². The van der Waals surface area contributed by atoms with Gasteiger partial charge in [-0.25, -0.2) is 9.37 Å². The number of rotatable bonds is 8. The maximum absolute atomic E-state index is 13.4. The van der Waals surface area contributed by atoms with E-state index in [1.165, 1.54) is 41.7 Å². The molecule has 5 rings (SSSR count). The average molecular weight is 546 g/mol. The predicted molar refractivity (Wildman–Crippen MR) is 153 cm³/mol. The summed E-state index contributed by atoms with van der Waals surface area (Å²) in [4.78, 5) is 31.5. The molecule has 38 heavy (non-hydrogen) atoms. The van der Waals surface area contributed by atoms with Gasteiger partial charge >= 0.3 is 0 Å². The van der Waals surface area contributed by atoms with E-state index in [0.717, 1.165) is 47.4 Å². The second kappa shape index (κ2) is 12.4. The lowest BCUT2D eigenvalue weighted by atomic mass is 9.88. The molecule has 1 aromatic heterocycles. The Morgan fingerprint density at radius 3 is 2.32 bits per heavy atom. The minimum absolute atomic E-state index is 0.0927. The maximum atomic E-state index is 13.4. The van der Waals surface area contributed by atoms with Gasteiger partial charge in [0.1, 0.15) is 11.1 Å². The molecule has 4 aromatic rings. The Bertz CT molecular complexity index is 1370. The molecule has 1 saturated carbocycles. The van der Waals surface area contributed by atoms with Gasteiger partial charge in [-0.2, -0.15) is 0 Å². The number of anilines is 2. The van der Waals surface area contributed by atoms with Crippen LogP contribution in [0.1, 0.15) is 42.9 Å². The van der Waals surface area contributed by atoms with Crippen molar-refractivity contribution < 1.29 is 14.0 Å². The molecule has 2 N–H and O–H groups in total. The van der Waals surface area contributed by atoms with Crippen LogP contribution in [0.25, 0.3) is 11.3 Å². The van der Waals surface area contributed by atoms with Gasteiger partial charge in [-0.15, -0.1) is 23.1 Å². The number of benzene rings is 3. The smallest absolute Gasteiger partial charge is 0.244 e. The third kappa shape index (κ3) is 6.68. The molecule has 1 heterocycles. The predicted octanol–water partition coefficient (Wildman–Crippen LogP) is 7.94. The molecule has 1 aliphatic rings. The summed E-state index contributed by atoms with van der Waals surface area (Å²) in [5.74, 6) is -0.302. The highest BCUT2D eigenvalue weighted by Gasteiger charge is 2.24. The second-order valence-corrected chi connectivity index (χ2v) is 11.3. The fraction of sp³-hybridized carbons (Fsp3) is 0.233. The van der Waals surface area contributed by atoms with Crippen LogP contribution in [0.3, 0.4) is 0 Å². The van der Waals surface area contributed by atoms with Gasteiger partial charge in [0.2, 0.25) is 11.8 Å². The maximum Gasteiger partial charge on any atom is 0.244 e. The molecule has 0 bridgehead atoms. The van der Waals surface area contributed by atoms with Crippen molar-refractivity contribution in [1.29, 1.82) is 0 Å². The van der Waals surface area contributed by atoms with E-state index in [2.05, 4.69) is 15.6 Å². The Balaban J connectivity index is 1.27. The fourth-order valence-electron chi connectivity index (χ4n) is 4.52. The number of amides is 2. The Hall–Kier alpha value is -3.49. The van der Waals surface area contributed by atoms with Gasteiger partial charge in [-0.05, 0) is 66.9 Å². The molecular weight excluding hydrogens is 517 g/mol. The summed E-state index contributed by atoms with van der Waals surface area (Å²) in [6, 6.07) is 23.4. The molecular formula is C30H28FN3O2S2. The largest absolute Gasteiger partial charge is 0.326 e. The summed E-state index contributed by atoms with van der Waals surface area (Å²) in [5.41, 5.74) is 3.11. The monoisotopic (exact) mass is 545 g/mol. The Labute approximate surface area is 229 Å². The first-order valence-corrected chi connectivity index (χ1v) is 14.5. The van der Waals surface area contributed by atoms with Crippen LogP contribution >= 0.6 is 23.1 Å². The van der Waals surface area contributed by atoms with E-state index < -0.39 is 5.25 Å². The molecule has 0 radical (unpaired) electrons. The van der Waals surface area contributed by atoms with Gasteiger partial charge in [0.25, 0.3) is 0 Å². The molecule has 1 unspecified atom stereocenters. The lowest BCUT2D eigenvalue weighted by molar-refractivity contribution is -0.120. The highest BCUT2D eigenvalue weighted by atomic mass is 32.2. The highest BCUT2D eigenvalue weighted by Crippen LogP contribution is 2.37. The van der Waals surface area contributed by atoms with Gasteiger partial charge in [0.05, 0.1) is 5.69 Å². The summed E-state index contributed by atoms with van der Waals surface area (Å²) in [6.45, 7) is 0. The molecule has 0 saturated heterocycles. The van der Waals surface area contributed by atoms with Crippen molar-refractivity contribution in [2.75, 3.05) is 10.6 Å². The van der Waals surface area contributed by atoms with Crippen molar-refractivity contribution in [3.8, 4) is 11.3 Å². The van der Waals surface area contributed by atoms with Crippen molar-refractivity contribution in [1.82, 2.24) is 4.98 Å². The van der Waals surface area contributed by atoms with Crippen LogP contribution in [0.15, 0.2) is 89.1 Å². The van der Waals surface area contributed by atoms with E-state index in [-0.39, 0.29) is 23.5 Å². The minimum atomic E-state index is -0.503. The number of hydrogen-bond acceptors (Lipinski definition) is 5. The zero-order valence-corrected chi connectivity index (χ0v) is 22.4. The number of hydrogen-bond donors (Lipinski definition) is 2. The summed E-state index contributed by atoms with van der Waals surface area (Å²) in [6.07, 6.45) is 5.36. The number of thiazole rings is 1. The quantitative estimate of drug-likeness (QED) is 0.221. The van der Waals surface area contributed by atoms with Gasteiger partial charge < -0.3 is 10.6 Å². The van der Waals surface area contributed by atoms with E-state index >= 15 is 0 Å². The SMILES string of the molecule is O=C(Nc1ccc(SC(C(=O)Nc2nc(-c3ccc(F)cc3)cs2)c2ccccc2)cc1)C1CCCCC1. The molecule has 0 spiro atoms. The zero-order chi connectivity index (χ0) is 26.3. The fourth-order valence-corrected chi connectivity index (χ4v) is 6.27. The van der Waals surface area contributed by atoms with E-state index in [1.807, 2.05) is 60.0 Å².